The van der Waals surface area contributed by atoms with E-state index in [1.165, 1.54) is 19.3 Å². The normalized spacial score (nSPS) is 14.7. The molecule has 2 aromatic rings. The van der Waals surface area contributed by atoms with Crippen molar-refractivity contribution in [3.05, 3.63) is 29.6 Å². The minimum absolute atomic E-state index is 0.0948. The molecule has 7 nitrogen and oxygen atoms in total. The molecule has 1 saturated carbocycles. The van der Waals surface area contributed by atoms with Crippen molar-refractivity contribution in [1.82, 2.24) is 15.0 Å². The summed E-state index contributed by atoms with van der Waals surface area (Å²) in [4.78, 5) is 18.3. The van der Waals surface area contributed by atoms with E-state index in [-0.39, 0.29) is 18.8 Å². The maximum atomic E-state index is 12.3. The predicted molar refractivity (Wildman–Crippen MR) is 114 cm³/mol. The fourth-order valence-corrected chi connectivity index (χ4v) is 3.51. The third kappa shape index (κ3) is 5.97. The Hall–Kier alpha value is -2.57. The molecule has 1 amide bonds. The van der Waals surface area contributed by atoms with Crippen LogP contribution in [0.3, 0.4) is 0 Å². The van der Waals surface area contributed by atoms with Gasteiger partial charge in [-0.1, -0.05) is 25.4 Å². The van der Waals surface area contributed by atoms with Gasteiger partial charge in [-0.3, -0.25) is 0 Å². The van der Waals surface area contributed by atoms with Gasteiger partial charge in [-0.15, -0.1) is 0 Å². The largest absolute Gasteiger partial charge is 0.489 e. The van der Waals surface area contributed by atoms with Gasteiger partial charge in [0, 0.05) is 13.6 Å². The average molecular weight is 416 g/mol. The summed E-state index contributed by atoms with van der Waals surface area (Å²) >= 11 is 0. The maximum Gasteiger partial charge on any atom is 0.409 e. The van der Waals surface area contributed by atoms with E-state index in [2.05, 4.69) is 24.0 Å². The van der Waals surface area contributed by atoms with Gasteiger partial charge < -0.3 is 18.9 Å². The third-order valence-corrected chi connectivity index (χ3v) is 5.50. The number of hydrogen-bond donors (Lipinski definition) is 0. The van der Waals surface area contributed by atoms with Gasteiger partial charge in [-0.2, -0.15) is 0 Å². The van der Waals surface area contributed by atoms with Gasteiger partial charge in [-0.05, 0) is 57.1 Å². The molecule has 0 bridgehead atoms. The number of ether oxygens (including phenoxy) is 2. The van der Waals surface area contributed by atoms with Crippen molar-refractivity contribution >= 4 is 6.09 Å². The SMILES string of the molecule is Cc1noc(-c2ccc(OC3CCCCC3)cn2)c1COC(=O)N(C)CCC(C)C. The molecular formula is C23H33N3O4. The second-order valence-corrected chi connectivity index (χ2v) is 8.49. The zero-order valence-corrected chi connectivity index (χ0v) is 18.5. The lowest BCUT2D eigenvalue weighted by Gasteiger charge is -2.22. The molecule has 30 heavy (non-hydrogen) atoms. The van der Waals surface area contributed by atoms with Gasteiger partial charge in [0.25, 0.3) is 0 Å². The van der Waals surface area contributed by atoms with Crippen molar-refractivity contribution in [3.8, 4) is 17.2 Å². The first-order valence-electron chi connectivity index (χ1n) is 10.9. The first-order chi connectivity index (χ1) is 14.4. The van der Waals surface area contributed by atoms with Crippen molar-refractivity contribution < 1.29 is 18.8 Å². The standard InChI is InChI=1S/C23H33N3O4/c1-16(2)12-13-26(4)23(27)28-15-20-17(3)25-30-22(20)21-11-10-19(14-24-21)29-18-8-6-5-7-9-18/h10-11,14,16,18H,5-9,12-13,15H2,1-4H3. The van der Waals surface area contributed by atoms with E-state index in [1.54, 1.807) is 18.1 Å². The Bertz CT molecular complexity index is 810. The Morgan fingerprint density at radius 1 is 1.27 bits per heavy atom. The quantitative estimate of drug-likeness (QED) is 0.577. The summed E-state index contributed by atoms with van der Waals surface area (Å²) in [7, 11) is 1.75. The van der Waals surface area contributed by atoms with Crippen LogP contribution >= 0.6 is 0 Å². The predicted octanol–water partition coefficient (Wildman–Crippen LogP) is 5.37. The van der Waals surface area contributed by atoms with Gasteiger partial charge in [0.15, 0.2) is 5.76 Å². The van der Waals surface area contributed by atoms with E-state index in [9.17, 15) is 4.79 Å². The van der Waals surface area contributed by atoms with Crippen LogP contribution in [0, 0.1) is 12.8 Å². The smallest absolute Gasteiger partial charge is 0.409 e. The van der Waals surface area contributed by atoms with Gasteiger partial charge >= 0.3 is 6.09 Å². The average Bonchev–Trinajstić information content (AvgIpc) is 3.11. The minimum atomic E-state index is -0.355. The number of carbonyl (C=O) groups is 1. The lowest BCUT2D eigenvalue weighted by molar-refractivity contribution is 0.103. The van der Waals surface area contributed by atoms with Crippen molar-refractivity contribution in [2.75, 3.05) is 13.6 Å². The topological polar surface area (TPSA) is 77.7 Å². The Labute approximate surface area is 178 Å². The number of aromatic nitrogens is 2. The van der Waals surface area contributed by atoms with Crippen LogP contribution in [0.15, 0.2) is 22.9 Å². The number of amides is 1. The molecule has 0 aromatic carbocycles. The summed E-state index contributed by atoms with van der Waals surface area (Å²) in [6, 6.07) is 3.77. The van der Waals surface area contributed by atoms with Crippen LogP contribution in [0.4, 0.5) is 4.79 Å². The molecule has 0 N–H and O–H groups in total. The van der Waals surface area contributed by atoms with Gasteiger partial charge in [0.1, 0.15) is 18.1 Å². The molecule has 1 fully saturated rings. The Morgan fingerprint density at radius 3 is 2.70 bits per heavy atom. The summed E-state index contributed by atoms with van der Waals surface area (Å²) in [6.07, 6.45) is 8.52. The summed E-state index contributed by atoms with van der Waals surface area (Å²) < 4.78 is 17.0. The Morgan fingerprint density at radius 2 is 2.03 bits per heavy atom. The maximum absolute atomic E-state index is 12.3. The highest BCUT2D eigenvalue weighted by Gasteiger charge is 2.20. The van der Waals surface area contributed by atoms with Crippen LogP contribution in [0.25, 0.3) is 11.5 Å². The number of rotatable bonds is 8. The summed E-state index contributed by atoms with van der Waals surface area (Å²) in [5, 5.41) is 4.04. The zero-order valence-electron chi connectivity index (χ0n) is 18.5. The molecule has 0 unspecified atom stereocenters. The highest BCUT2D eigenvalue weighted by molar-refractivity contribution is 5.67. The van der Waals surface area contributed by atoms with Gasteiger partial charge in [0.05, 0.1) is 23.6 Å². The van der Waals surface area contributed by atoms with Crippen molar-refractivity contribution in [2.24, 2.45) is 5.92 Å². The van der Waals surface area contributed by atoms with Crippen LogP contribution in [0.1, 0.15) is 63.6 Å². The highest BCUT2D eigenvalue weighted by Crippen LogP contribution is 2.28. The molecule has 7 heteroatoms. The molecule has 164 valence electrons. The second-order valence-electron chi connectivity index (χ2n) is 8.49. The summed E-state index contributed by atoms with van der Waals surface area (Å²) in [5.74, 6) is 1.82. The van der Waals surface area contributed by atoms with E-state index in [1.807, 2.05) is 19.1 Å². The van der Waals surface area contributed by atoms with E-state index in [0.29, 0.717) is 29.6 Å². The molecule has 0 spiro atoms. The van der Waals surface area contributed by atoms with E-state index in [0.717, 1.165) is 30.6 Å². The molecule has 3 rings (SSSR count). The van der Waals surface area contributed by atoms with Crippen molar-refractivity contribution in [2.45, 2.75) is 72.0 Å². The Balaban J connectivity index is 1.61. The van der Waals surface area contributed by atoms with E-state index < -0.39 is 0 Å². The van der Waals surface area contributed by atoms with Crippen LogP contribution in [0.5, 0.6) is 5.75 Å². The fourth-order valence-electron chi connectivity index (χ4n) is 3.51. The monoisotopic (exact) mass is 415 g/mol. The second kappa shape index (κ2) is 10.5. The van der Waals surface area contributed by atoms with Gasteiger partial charge in [-0.25, -0.2) is 9.78 Å². The van der Waals surface area contributed by atoms with Crippen molar-refractivity contribution in [1.29, 1.82) is 0 Å². The number of carbonyl (C=O) groups excluding carboxylic acids is 1. The third-order valence-electron chi connectivity index (χ3n) is 5.50. The number of hydrogen-bond acceptors (Lipinski definition) is 6. The van der Waals surface area contributed by atoms with Crippen LogP contribution in [-0.2, 0) is 11.3 Å². The van der Waals surface area contributed by atoms with Crippen molar-refractivity contribution in [3.63, 3.8) is 0 Å². The number of pyridine rings is 1. The van der Waals surface area contributed by atoms with Crippen LogP contribution in [0.2, 0.25) is 0 Å². The van der Waals surface area contributed by atoms with Gasteiger partial charge in [0.2, 0.25) is 0 Å². The fraction of sp³-hybridized carbons (Fsp3) is 0.609. The molecule has 2 aromatic heterocycles. The summed E-state index contributed by atoms with van der Waals surface area (Å²) in [5.41, 5.74) is 2.06. The first-order valence-corrected chi connectivity index (χ1v) is 10.9. The molecule has 0 aliphatic heterocycles. The minimum Gasteiger partial charge on any atom is -0.489 e. The molecular weight excluding hydrogens is 382 g/mol. The van der Waals surface area contributed by atoms with Crippen LogP contribution < -0.4 is 4.74 Å². The molecule has 2 heterocycles. The first kappa shape index (κ1) is 22.1. The Kier molecular flexibility index (Phi) is 7.71. The highest BCUT2D eigenvalue weighted by atomic mass is 16.6. The van der Waals surface area contributed by atoms with Crippen LogP contribution in [-0.4, -0.2) is 40.8 Å². The van der Waals surface area contributed by atoms with E-state index in [4.69, 9.17) is 14.0 Å². The number of nitrogens with zero attached hydrogens (tertiary/aromatic N) is 3. The molecule has 0 atom stereocenters. The summed E-state index contributed by atoms with van der Waals surface area (Å²) in [6.45, 7) is 6.85. The lowest BCUT2D eigenvalue weighted by atomic mass is 9.98. The molecule has 0 saturated heterocycles. The lowest BCUT2D eigenvalue weighted by Crippen LogP contribution is -2.29. The van der Waals surface area contributed by atoms with E-state index >= 15 is 0 Å². The molecule has 1 aliphatic rings. The zero-order chi connectivity index (χ0) is 21.5. The number of aryl methyl sites for hydroxylation is 1. The molecule has 1 aliphatic carbocycles. The molecule has 0 radical (unpaired) electrons.